The number of hydrogen-bond donors (Lipinski definition) is 0. The molecule has 0 spiro atoms. The number of aryl methyl sites for hydroxylation is 1. The van der Waals surface area contributed by atoms with Crippen molar-refractivity contribution in [3.8, 4) is 0 Å². The highest BCUT2D eigenvalue weighted by Crippen LogP contribution is 2.25. The lowest BCUT2D eigenvalue weighted by Crippen LogP contribution is -2.34. The Labute approximate surface area is 134 Å². The van der Waals surface area contributed by atoms with Gasteiger partial charge in [0.1, 0.15) is 0 Å². The van der Waals surface area contributed by atoms with Gasteiger partial charge in [0, 0.05) is 63.4 Å². The van der Waals surface area contributed by atoms with E-state index in [1.807, 2.05) is 23.6 Å². The van der Waals surface area contributed by atoms with Crippen LogP contribution in [0.1, 0.15) is 51.8 Å². The topological polar surface area (TPSA) is 41.4 Å². The summed E-state index contributed by atoms with van der Waals surface area (Å²) in [6, 6.07) is 0. The van der Waals surface area contributed by atoms with E-state index in [1.165, 1.54) is 11.3 Å². The van der Waals surface area contributed by atoms with E-state index in [1.54, 1.807) is 0 Å². The molecular weight excluding hydrogens is 276 g/mol. The van der Waals surface area contributed by atoms with Gasteiger partial charge >= 0.3 is 0 Å². The van der Waals surface area contributed by atoms with Gasteiger partial charge in [0.2, 0.25) is 5.91 Å². The van der Waals surface area contributed by atoms with Crippen molar-refractivity contribution >= 4 is 5.91 Å². The summed E-state index contributed by atoms with van der Waals surface area (Å²) in [5, 5.41) is 4.65. The van der Waals surface area contributed by atoms with Crippen molar-refractivity contribution in [2.24, 2.45) is 7.05 Å². The maximum Gasteiger partial charge on any atom is 0.222 e. The van der Waals surface area contributed by atoms with Gasteiger partial charge in [0.05, 0.1) is 5.69 Å². The Morgan fingerprint density at radius 1 is 1.23 bits per heavy atom. The van der Waals surface area contributed by atoms with Crippen LogP contribution >= 0.6 is 0 Å². The van der Waals surface area contributed by atoms with Crippen molar-refractivity contribution in [2.45, 2.75) is 52.5 Å². The summed E-state index contributed by atoms with van der Waals surface area (Å²) in [6.45, 7) is 13.2. The van der Waals surface area contributed by atoms with E-state index in [2.05, 4.69) is 37.0 Å². The van der Waals surface area contributed by atoms with Crippen molar-refractivity contribution in [1.29, 1.82) is 0 Å². The van der Waals surface area contributed by atoms with Crippen LogP contribution in [-0.2, 0) is 23.8 Å². The van der Waals surface area contributed by atoms with E-state index in [-0.39, 0.29) is 11.3 Å². The Kier molecular flexibility index (Phi) is 5.27. The minimum absolute atomic E-state index is 0.0622. The number of nitrogens with zero attached hydrogens (tertiary/aromatic N) is 4. The van der Waals surface area contributed by atoms with Gasteiger partial charge in [-0.25, -0.2) is 0 Å². The molecule has 1 aromatic rings. The average molecular weight is 306 g/mol. The maximum absolute atomic E-state index is 11.9. The van der Waals surface area contributed by atoms with E-state index < -0.39 is 0 Å². The molecule has 1 aromatic heterocycles. The molecule has 5 nitrogen and oxygen atoms in total. The lowest BCUT2D eigenvalue weighted by atomic mass is 9.89. The van der Waals surface area contributed by atoms with Crippen LogP contribution in [0, 0.1) is 0 Å². The predicted octanol–water partition coefficient (Wildman–Crippen LogP) is 2.16. The third-order valence-corrected chi connectivity index (χ3v) is 4.25. The zero-order valence-electron chi connectivity index (χ0n) is 14.7. The Hall–Kier alpha value is -1.36. The first-order chi connectivity index (χ1) is 10.3. The molecule has 0 N–H and O–H groups in total. The lowest BCUT2D eigenvalue weighted by molar-refractivity contribution is -0.130. The number of aromatic nitrogens is 2. The number of carbonyl (C=O) groups excluding carboxylic acids is 1. The van der Waals surface area contributed by atoms with E-state index in [0.29, 0.717) is 6.42 Å². The van der Waals surface area contributed by atoms with Crippen LogP contribution in [-0.4, -0.2) is 51.7 Å². The highest BCUT2D eigenvalue weighted by Gasteiger charge is 2.24. The molecule has 1 aliphatic rings. The largest absolute Gasteiger partial charge is 0.341 e. The first-order valence-corrected chi connectivity index (χ1v) is 8.34. The zero-order chi connectivity index (χ0) is 16.3. The van der Waals surface area contributed by atoms with Crippen molar-refractivity contribution in [3.05, 3.63) is 17.5 Å². The van der Waals surface area contributed by atoms with Crippen molar-refractivity contribution in [1.82, 2.24) is 19.6 Å². The molecule has 0 atom stereocenters. The fraction of sp³-hybridized carbons (Fsp3) is 0.765. The van der Waals surface area contributed by atoms with Gasteiger partial charge in [0.25, 0.3) is 0 Å². The minimum Gasteiger partial charge on any atom is -0.341 e. The van der Waals surface area contributed by atoms with Gasteiger partial charge in [0.15, 0.2) is 0 Å². The smallest absolute Gasteiger partial charge is 0.222 e. The number of carbonyl (C=O) groups is 1. The Morgan fingerprint density at radius 3 is 2.59 bits per heavy atom. The van der Waals surface area contributed by atoms with Crippen molar-refractivity contribution in [2.75, 3.05) is 26.2 Å². The second kappa shape index (κ2) is 6.82. The highest BCUT2D eigenvalue weighted by molar-refractivity contribution is 5.75. The molecule has 0 radical (unpaired) electrons. The molecule has 1 fully saturated rings. The predicted molar refractivity (Wildman–Crippen MR) is 88.7 cm³/mol. The summed E-state index contributed by atoms with van der Waals surface area (Å²) < 4.78 is 1.92. The first kappa shape index (κ1) is 17.0. The molecule has 5 heteroatoms. The molecule has 0 bridgehead atoms. The van der Waals surface area contributed by atoms with Gasteiger partial charge in [-0.1, -0.05) is 27.7 Å². The van der Waals surface area contributed by atoms with Gasteiger partial charge in [-0.2, -0.15) is 5.10 Å². The zero-order valence-corrected chi connectivity index (χ0v) is 14.7. The van der Waals surface area contributed by atoms with Crippen LogP contribution in [0.4, 0.5) is 0 Å². The normalized spacial score (nSPS) is 17.6. The van der Waals surface area contributed by atoms with E-state index >= 15 is 0 Å². The second-order valence-electron chi connectivity index (χ2n) is 7.29. The molecule has 0 aromatic carbocycles. The molecular formula is C17H30N4O. The number of rotatable bonds is 3. The van der Waals surface area contributed by atoms with E-state index in [9.17, 15) is 4.79 Å². The average Bonchev–Trinajstić information content (AvgIpc) is 2.67. The molecule has 0 saturated carbocycles. The SMILES string of the molecule is CCC(=O)N1CCCN(Cc2cn(C)nc2C(C)(C)C)CC1. The summed E-state index contributed by atoms with van der Waals surface area (Å²) in [7, 11) is 1.99. The third-order valence-electron chi connectivity index (χ3n) is 4.25. The number of amides is 1. The highest BCUT2D eigenvalue weighted by atomic mass is 16.2. The van der Waals surface area contributed by atoms with Crippen LogP contribution in [0.3, 0.4) is 0 Å². The molecule has 2 rings (SSSR count). The minimum atomic E-state index is 0.0622. The third kappa shape index (κ3) is 4.09. The van der Waals surface area contributed by atoms with Crippen LogP contribution in [0.5, 0.6) is 0 Å². The molecule has 1 amide bonds. The molecule has 22 heavy (non-hydrogen) atoms. The molecule has 0 unspecified atom stereocenters. The summed E-state index contributed by atoms with van der Waals surface area (Å²) in [4.78, 5) is 16.3. The summed E-state index contributed by atoms with van der Waals surface area (Å²) in [5.74, 6) is 0.276. The Morgan fingerprint density at radius 2 is 1.95 bits per heavy atom. The van der Waals surface area contributed by atoms with Gasteiger partial charge in [-0.05, 0) is 6.42 Å². The van der Waals surface area contributed by atoms with E-state index in [0.717, 1.165) is 39.1 Å². The van der Waals surface area contributed by atoms with Crippen LogP contribution < -0.4 is 0 Å². The van der Waals surface area contributed by atoms with Gasteiger partial charge in [-0.3, -0.25) is 14.4 Å². The van der Waals surface area contributed by atoms with Gasteiger partial charge < -0.3 is 4.90 Å². The Bertz CT molecular complexity index is 515. The standard InChI is InChI=1S/C17H30N4O/c1-6-15(22)21-9-7-8-20(10-11-21)13-14-12-19(5)18-16(14)17(2,3)4/h12H,6-11,13H2,1-5H3. The fourth-order valence-corrected chi connectivity index (χ4v) is 3.13. The fourth-order valence-electron chi connectivity index (χ4n) is 3.13. The summed E-state index contributed by atoms with van der Waals surface area (Å²) in [5.41, 5.74) is 2.55. The van der Waals surface area contributed by atoms with E-state index in [4.69, 9.17) is 0 Å². The first-order valence-electron chi connectivity index (χ1n) is 8.34. The Balaban J connectivity index is 2.04. The lowest BCUT2D eigenvalue weighted by Gasteiger charge is -2.23. The summed E-state index contributed by atoms with van der Waals surface area (Å²) in [6.07, 6.45) is 3.80. The van der Waals surface area contributed by atoms with Crippen molar-refractivity contribution in [3.63, 3.8) is 0 Å². The molecule has 124 valence electrons. The molecule has 2 heterocycles. The van der Waals surface area contributed by atoms with Crippen LogP contribution in [0.15, 0.2) is 6.20 Å². The van der Waals surface area contributed by atoms with Crippen LogP contribution in [0.25, 0.3) is 0 Å². The molecule has 0 aliphatic carbocycles. The second-order valence-corrected chi connectivity index (χ2v) is 7.29. The van der Waals surface area contributed by atoms with Crippen molar-refractivity contribution < 1.29 is 4.79 Å². The maximum atomic E-state index is 11.9. The monoisotopic (exact) mass is 306 g/mol. The number of hydrogen-bond acceptors (Lipinski definition) is 3. The van der Waals surface area contributed by atoms with Gasteiger partial charge in [-0.15, -0.1) is 0 Å². The van der Waals surface area contributed by atoms with Crippen LogP contribution in [0.2, 0.25) is 0 Å². The molecule has 1 aliphatic heterocycles. The summed E-state index contributed by atoms with van der Waals surface area (Å²) >= 11 is 0. The quantitative estimate of drug-likeness (QED) is 0.859. The molecule has 1 saturated heterocycles.